The van der Waals surface area contributed by atoms with Gasteiger partial charge in [0, 0.05) is 23.1 Å². The van der Waals surface area contributed by atoms with Crippen LogP contribution in [0.25, 0.3) is 0 Å². The third kappa shape index (κ3) is 2.29. The molecule has 1 amide bonds. The number of aryl methyl sites for hydroxylation is 1. The van der Waals surface area contributed by atoms with Gasteiger partial charge in [-0.05, 0) is 19.1 Å². The Morgan fingerprint density at radius 1 is 1.36 bits per heavy atom. The third-order valence-electron chi connectivity index (χ3n) is 2.26. The van der Waals surface area contributed by atoms with Gasteiger partial charge < -0.3 is 5.32 Å². The molecule has 0 aromatic heterocycles. The second-order valence-electron chi connectivity index (χ2n) is 3.56. The molecule has 1 N–H and O–H groups in total. The molecular weight excluding hydrogens is 194 g/mol. The molecule has 1 aliphatic heterocycles. The standard InChI is InChI=1S/C11H13NOS/c1-8-2-4-9(5-3-8)14-10-6-11(13)12-7-10/h2-5,10H,6-7H2,1H3,(H,12,13). The van der Waals surface area contributed by atoms with E-state index in [1.807, 2.05) is 0 Å². The van der Waals surface area contributed by atoms with Crippen molar-refractivity contribution >= 4 is 17.7 Å². The summed E-state index contributed by atoms with van der Waals surface area (Å²) in [5.74, 6) is 0.176. The van der Waals surface area contributed by atoms with Gasteiger partial charge in [-0.2, -0.15) is 0 Å². The minimum absolute atomic E-state index is 0.176. The summed E-state index contributed by atoms with van der Waals surface area (Å²) in [5, 5.41) is 3.25. The Morgan fingerprint density at radius 2 is 2.07 bits per heavy atom. The van der Waals surface area contributed by atoms with E-state index in [0.717, 1.165) is 6.54 Å². The fourth-order valence-corrected chi connectivity index (χ4v) is 2.55. The first-order chi connectivity index (χ1) is 6.74. The van der Waals surface area contributed by atoms with E-state index in [1.54, 1.807) is 11.8 Å². The Bertz CT molecular complexity index is 334. The van der Waals surface area contributed by atoms with Gasteiger partial charge >= 0.3 is 0 Å². The Kier molecular flexibility index (Phi) is 2.77. The topological polar surface area (TPSA) is 29.1 Å². The number of nitrogens with one attached hydrogen (secondary N) is 1. The molecule has 1 unspecified atom stereocenters. The van der Waals surface area contributed by atoms with Gasteiger partial charge in [0.05, 0.1) is 0 Å². The predicted molar refractivity (Wildman–Crippen MR) is 58.5 cm³/mol. The van der Waals surface area contributed by atoms with Crippen LogP contribution in [0, 0.1) is 6.92 Å². The van der Waals surface area contributed by atoms with Crippen LogP contribution in [0.4, 0.5) is 0 Å². The SMILES string of the molecule is Cc1ccc(SC2CNC(=O)C2)cc1. The highest BCUT2D eigenvalue weighted by Gasteiger charge is 2.21. The minimum atomic E-state index is 0.176. The zero-order valence-electron chi connectivity index (χ0n) is 8.12. The van der Waals surface area contributed by atoms with Crippen LogP contribution in [0.1, 0.15) is 12.0 Å². The molecule has 1 fully saturated rings. The molecule has 1 heterocycles. The Morgan fingerprint density at radius 3 is 2.64 bits per heavy atom. The Hall–Kier alpha value is -0.960. The molecule has 0 aliphatic carbocycles. The zero-order valence-corrected chi connectivity index (χ0v) is 8.93. The summed E-state index contributed by atoms with van der Waals surface area (Å²) < 4.78 is 0. The van der Waals surface area contributed by atoms with Crippen LogP contribution in [0.2, 0.25) is 0 Å². The van der Waals surface area contributed by atoms with E-state index < -0.39 is 0 Å². The van der Waals surface area contributed by atoms with Crippen molar-refractivity contribution in [3.8, 4) is 0 Å². The first-order valence-corrected chi connectivity index (χ1v) is 5.62. The van der Waals surface area contributed by atoms with Gasteiger partial charge in [0.15, 0.2) is 0 Å². The molecule has 1 aliphatic rings. The minimum Gasteiger partial charge on any atom is -0.355 e. The maximum absolute atomic E-state index is 11.0. The summed E-state index contributed by atoms with van der Waals surface area (Å²) in [6, 6.07) is 8.44. The van der Waals surface area contributed by atoms with Crippen LogP contribution >= 0.6 is 11.8 Å². The summed E-state index contributed by atoms with van der Waals surface area (Å²) >= 11 is 1.78. The third-order valence-corrected chi connectivity index (χ3v) is 3.47. The lowest BCUT2D eigenvalue weighted by atomic mass is 10.2. The summed E-state index contributed by atoms with van der Waals surface area (Å²) in [4.78, 5) is 12.2. The second-order valence-corrected chi connectivity index (χ2v) is 4.93. The van der Waals surface area contributed by atoms with Crippen molar-refractivity contribution in [1.29, 1.82) is 0 Å². The molecule has 1 saturated heterocycles. The summed E-state index contributed by atoms with van der Waals surface area (Å²) in [6.07, 6.45) is 0.651. The van der Waals surface area contributed by atoms with E-state index in [2.05, 4.69) is 36.5 Å². The second kappa shape index (κ2) is 4.05. The lowest BCUT2D eigenvalue weighted by Crippen LogP contribution is -2.14. The Balaban J connectivity index is 1.97. The molecule has 0 saturated carbocycles. The van der Waals surface area contributed by atoms with Crippen molar-refractivity contribution in [3.05, 3.63) is 29.8 Å². The van der Waals surface area contributed by atoms with E-state index in [9.17, 15) is 4.79 Å². The van der Waals surface area contributed by atoms with Crippen molar-refractivity contribution in [1.82, 2.24) is 5.32 Å². The van der Waals surface area contributed by atoms with E-state index in [1.165, 1.54) is 10.5 Å². The zero-order chi connectivity index (χ0) is 9.97. The largest absolute Gasteiger partial charge is 0.355 e. The van der Waals surface area contributed by atoms with Gasteiger partial charge in [-0.15, -0.1) is 11.8 Å². The lowest BCUT2D eigenvalue weighted by Gasteiger charge is -2.06. The number of hydrogen-bond acceptors (Lipinski definition) is 2. The molecule has 74 valence electrons. The quantitative estimate of drug-likeness (QED) is 0.803. The van der Waals surface area contributed by atoms with E-state index in [0.29, 0.717) is 11.7 Å². The molecule has 1 atom stereocenters. The summed E-state index contributed by atoms with van der Waals surface area (Å²) in [7, 11) is 0. The summed E-state index contributed by atoms with van der Waals surface area (Å²) in [5.41, 5.74) is 1.27. The maximum atomic E-state index is 11.0. The van der Waals surface area contributed by atoms with Crippen molar-refractivity contribution in [2.75, 3.05) is 6.54 Å². The molecule has 14 heavy (non-hydrogen) atoms. The molecular formula is C11H13NOS. The lowest BCUT2D eigenvalue weighted by molar-refractivity contribution is -0.119. The number of thioether (sulfide) groups is 1. The van der Waals surface area contributed by atoms with E-state index >= 15 is 0 Å². The predicted octanol–water partition coefficient (Wildman–Crippen LogP) is 1.98. The number of hydrogen-bond donors (Lipinski definition) is 1. The molecule has 0 spiro atoms. The molecule has 2 nitrogen and oxygen atoms in total. The molecule has 0 radical (unpaired) electrons. The summed E-state index contributed by atoms with van der Waals surface area (Å²) in [6.45, 7) is 2.88. The van der Waals surface area contributed by atoms with Gasteiger partial charge in [-0.1, -0.05) is 17.7 Å². The first kappa shape index (κ1) is 9.59. The number of rotatable bonds is 2. The fourth-order valence-electron chi connectivity index (χ4n) is 1.47. The number of amides is 1. The Labute approximate surface area is 88.1 Å². The van der Waals surface area contributed by atoms with E-state index in [4.69, 9.17) is 0 Å². The number of benzene rings is 1. The maximum Gasteiger partial charge on any atom is 0.221 e. The van der Waals surface area contributed by atoms with Crippen LogP contribution in [-0.2, 0) is 4.79 Å². The first-order valence-electron chi connectivity index (χ1n) is 4.74. The van der Waals surface area contributed by atoms with Gasteiger partial charge in [-0.25, -0.2) is 0 Å². The van der Waals surface area contributed by atoms with Crippen molar-refractivity contribution in [3.63, 3.8) is 0 Å². The molecule has 0 bridgehead atoms. The molecule has 3 heteroatoms. The molecule has 1 aromatic rings. The van der Waals surface area contributed by atoms with Crippen LogP contribution in [0.15, 0.2) is 29.2 Å². The van der Waals surface area contributed by atoms with Crippen molar-refractivity contribution < 1.29 is 4.79 Å². The highest BCUT2D eigenvalue weighted by Crippen LogP contribution is 2.27. The number of carbonyl (C=O) groups excluding carboxylic acids is 1. The van der Waals surface area contributed by atoms with Crippen molar-refractivity contribution in [2.45, 2.75) is 23.5 Å². The average molecular weight is 207 g/mol. The average Bonchev–Trinajstić information content (AvgIpc) is 2.56. The monoisotopic (exact) mass is 207 g/mol. The smallest absolute Gasteiger partial charge is 0.221 e. The highest BCUT2D eigenvalue weighted by atomic mass is 32.2. The number of carbonyl (C=O) groups is 1. The molecule has 1 aromatic carbocycles. The highest BCUT2D eigenvalue weighted by molar-refractivity contribution is 8.00. The van der Waals surface area contributed by atoms with E-state index in [-0.39, 0.29) is 5.91 Å². The van der Waals surface area contributed by atoms with Crippen molar-refractivity contribution in [2.24, 2.45) is 0 Å². The van der Waals surface area contributed by atoms with Crippen LogP contribution in [0.5, 0.6) is 0 Å². The molecule has 2 rings (SSSR count). The van der Waals surface area contributed by atoms with Gasteiger partial charge in [-0.3, -0.25) is 4.79 Å². The van der Waals surface area contributed by atoms with Gasteiger partial charge in [0.1, 0.15) is 0 Å². The van der Waals surface area contributed by atoms with Gasteiger partial charge in [0.2, 0.25) is 5.91 Å². The van der Waals surface area contributed by atoms with Crippen LogP contribution in [0.3, 0.4) is 0 Å². The van der Waals surface area contributed by atoms with Crippen LogP contribution in [-0.4, -0.2) is 17.7 Å². The van der Waals surface area contributed by atoms with Gasteiger partial charge in [0.25, 0.3) is 0 Å². The van der Waals surface area contributed by atoms with Crippen LogP contribution < -0.4 is 5.32 Å². The fraction of sp³-hybridized carbons (Fsp3) is 0.364. The normalized spacial score (nSPS) is 20.9.